The highest BCUT2D eigenvalue weighted by atomic mass is 32.2. The van der Waals surface area contributed by atoms with E-state index in [1.54, 1.807) is 42.5 Å². The molecule has 0 spiro atoms. The molecule has 4 rings (SSSR count). The number of furan rings is 1. The average Bonchev–Trinajstić information content (AvgIpc) is 3.41. The number of amides is 1. The number of rotatable bonds is 6. The highest BCUT2D eigenvalue weighted by molar-refractivity contribution is 7.90. The van der Waals surface area contributed by atoms with Crippen molar-refractivity contribution < 1.29 is 17.6 Å². The summed E-state index contributed by atoms with van der Waals surface area (Å²) in [6, 6.07) is 16.4. The molecule has 0 atom stereocenters. The van der Waals surface area contributed by atoms with E-state index in [0.717, 1.165) is 0 Å². The molecule has 0 aliphatic carbocycles. The number of sulfone groups is 1. The smallest absolute Gasteiger partial charge is 0.291 e. The van der Waals surface area contributed by atoms with E-state index in [1.807, 2.05) is 0 Å². The van der Waals surface area contributed by atoms with E-state index in [2.05, 4.69) is 20.8 Å². The Morgan fingerprint density at radius 3 is 2.66 bits per heavy atom. The van der Waals surface area contributed by atoms with E-state index >= 15 is 0 Å². The summed E-state index contributed by atoms with van der Waals surface area (Å²) in [5, 5.41) is 13.6. The summed E-state index contributed by atoms with van der Waals surface area (Å²) < 4.78 is 31.9. The van der Waals surface area contributed by atoms with Gasteiger partial charge in [-0.05, 0) is 46.8 Å². The Morgan fingerprint density at radius 2 is 1.90 bits per heavy atom. The molecule has 146 valence electrons. The SMILES string of the molecule is O=C(Nc1cccc(-n2cnnn2)c1)c1occc1CS(=O)(=O)c1ccccc1. The number of hydrogen-bond acceptors (Lipinski definition) is 7. The van der Waals surface area contributed by atoms with Crippen LogP contribution in [0.4, 0.5) is 5.69 Å². The summed E-state index contributed by atoms with van der Waals surface area (Å²) in [5.41, 5.74) is 1.42. The molecule has 0 fully saturated rings. The number of aromatic nitrogens is 4. The molecular formula is C19H15N5O4S. The Kier molecular flexibility index (Phi) is 4.92. The van der Waals surface area contributed by atoms with Crippen molar-refractivity contribution in [2.24, 2.45) is 0 Å². The van der Waals surface area contributed by atoms with Crippen molar-refractivity contribution >= 4 is 21.4 Å². The van der Waals surface area contributed by atoms with Crippen LogP contribution in [0.15, 0.2) is 82.6 Å². The first-order valence-corrected chi connectivity index (χ1v) is 10.2. The van der Waals surface area contributed by atoms with Gasteiger partial charge in [0.2, 0.25) is 0 Å². The molecule has 4 aromatic rings. The Morgan fingerprint density at radius 1 is 1.07 bits per heavy atom. The third kappa shape index (κ3) is 4.06. The van der Waals surface area contributed by atoms with Gasteiger partial charge in [-0.1, -0.05) is 24.3 Å². The van der Waals surface area contributed by atoms with Gasteiger partial charge in [-0.2, -0.15) is 0 Å². The second kappa shape index (κ2) is 7.68. The lowest BCUT2D eigenvalue weighted by molar-refractivity contribution is 0.0996. The fraction of sp³-hybridized carbons (Fsp3) is 0.0526. The minimum absolute atomic E-state index is 0.0580. The number of benzene rings is 2. The van der Waals surface area contributed by atoms with Gasteiger partial charge < -0.3 is 9.73 Å². The third-order valence-electron chi connectivity index (χ3n) is 4.12. The minimum Gasteiger partial charge on any atom is -0.459 e. The van der Waals surface area contributed by atoms with Crippen LogP contribution >= 0.6 is 0 Å². The molecule has 1 N–H and O–H groups in total. The molecule has 2 heterocycles. The first kappa shape index (κ1) is 18.6. The lowest BCUT2D eigenvalue weighted by Crippen LogP contribution is -2.15. The van der Waals surface area contributed by atoms with Crippen LogP contribution in [0.5, 0.6) is 0 Å². The van der Waals surface area contributed by atoms with Crippen molar-refractivity contribution in [3.8, 4) is 5.69 Å². The maximum absolute atomic E-state index is 12.7. The van der Waals surface area contributed by atoms with Crippen molar-refractivity contribution in [3.05, 3.63) is 84.6 Å². The van der Waals surface area contributed by atoms with Gasteiger partial charge in [-0.15, -0.1) is 5.10 Å². The predicted molar refractivity (Wildman–Crippen MR) is 103 cm³/mol. The fourth-order valence-electron chi connectivity index (χ4n) is 2.76. The zero-order chi connectivity index (χ0) is 20.3. The Balaban J connectivity index is 1.54. The van der Waals surface area contributed by atoms with Crippen molar-refractivity contribution in [2.45, 2.75) is 10.6 Å². The molecule has 0 saturated carbocycles. The van der Waals surface area contributed by atoms with E-state index in [-0.39, 0.29) is 22.0 Å². The molecular weight excluding hydrogens is 394 g/mol. The topological polar surface area (TPSA) is 120 Å². The number of anilines is 1. The molecule has 0 bridgehead atoms. The highest BCUT2D eigenvalue weighted by Gasteiger charge is 2.22. The zero-order valence-electron chi connectivity index (χ0n) is 15.0. The van der Waals surface area contributed by atoms with Crippen LogP contribution in [0.2, 0.25) is 0 Å². The molecule has 9 nitrogen and oxygen atoms in total. The van der Waals surface area contributed by atoms with Gasteiger partial charge in [-0.25, -0.2) is 13.1 Å². The number of tetrazole rings is 1. The minimum atomic E-state index is -3.61. The van der Waals surface area contributed by atoms with Crippen molar-refractivity contribution in [1.82, 2.24) is 20.2 Å². The number of hydrogen-bond donors (Lipinski definition) is 1. The van der Waals surface area contributed by atoms with Crippen LogP contribution in [0.25, 0.3) is 5.69 Å². The maximum atomic E-state index is 12.7. The molecule has 10 heteroatoms. The van der Waals surface area contributed by atoms with E-state index in [4.69, 9.17) is 4.42 Å². The molecule has 2 aromatic heterocycles. The van der Waals surface area contributed by atoms with Gasteiger partial charge in [0.15, 0.2) is 15.6 Å². The summed E-state index contributed by atoms with van der Waals surface area (Å²) in [6.45, 7) is 0. The van der Waals surface area contributed by atoms with Crippen molar-refractivity contribution in [2.75, 3.05) is 5.32 Å². The van der Waals surface area contributed by atoms with Crippen LogP contribution in [-0.2, 0) is 15.6 Å². The first-order valence-electron chi connectivity index (χ1n) is 8.52. The van der Waals surface area contributed by atoms with E-state index in [9.17, 15) is 13.2 Å². The summed E-state index contributed by atoms with van der Waals surface area (Å²) in [6.07, 6.45) is 2.72. The molecule has 0 unspecified atom stereocenters. The van der Waals surface area contributed by atoms with Gasteiger partial charge in [0.25, 0.3) is 5.91 Å². The second-order valence-corrected chi connectivity index (χ2v) is 8.10. The number of nitrogens with one attached hydrogen (secondary N) is 1. The van der Waals surface area contributed by atoms with E-state index in [0.29, 0.717) is 11.4 Å². The first-order chi connectivity index (χ1) is 14.0. The lowest BCUT2D eigenvalue weighted by Gasteiger charge is -2.08. The predicted octanol–water partition coefficient (Wildman–Crippen LogP) is 2.48. The monoisotopic (exact) mass is 409 g/mol. The van der Waals surface area contributed by atoms with Gasteiger partial charge in [0.05, 0.1) is 22.6 Å². The number of nitrogens with zero attached hydrogens (tertiary/aromatic N) is 4. The lowest BCUT2D eigenvalue weighted by atomic mass is 10.2. The van der Waals surface area contributed by atoms with Crippen molar-refractivity contribution in [3.63, 3.8) is 0 Å². The maximum Gasteiger partial charge on any atom is 0.291 e. The normalized spacial score (nSPS) is 11.3. The Bertz CT molecular complexity index is 1230. The standard InChI is InChI=1S/C19H15N5O4S/c25-19(21-15-5-4-6-16(11-15)24-13-20-22-23-24)18-14(9-10-28-18)12-29(26,27)17-7-2-1-3-8-17/h1-11,13H,12H2,(H,21,25). The number of carbonyl (C=O) groups is 1. The molecule has 2 aromatic carbocycles. The quantitative estimate of drug-likeness (QED) is 0.519. The summed E-state index contributed by atoms with van der Waals surface area (Å²) in [4.78, 5) is 12.9. The van der Waals surface area contributed by atoms with E-state index in [1.165, 1.54) is 35.5 Å². The molecule has 0 aliphatic heterocycles. The van der Waals surface area contributed by atoms with Crippen molar-refractivity contribution in [1.29, 1.82) is 0 Å². The van der Waals surface area contributed by atoms with Crippen LogP contribution in [0.1, 0.15) is 16.1 Å². The highest BCUT2D eigenvalue weighted by Crippen LogP contribution is 2.21. The third-order valence-corrected chi connectivity index (χ3v) is 5.80. The fourth-order valence-corrected chi connectivity index (χ4v) is 4.13. The second-order valence-electron chi connectivity index (χ2n) is 6.11. The van der Waals surface area contributed by atoms with Crippen LogP contribution in [-0.4, -0.2) is 34.5 Å². The largest absolute Gasteiger partial charge is 0.459 e. The Hall–Kier alpha value is -3.79. The number of carbonyl (C=O) groups excluding carboxylic acids is 1. The average molecular weight is 409 g/mol. The van der Waals surface area contributed by atoms with Crippen LogP contribution in [0.3, 0.4) is 0 Å². The Labute approximate surface area is 165 Å². The molecule has 0 radical (unpaired) electrons. The summed E-state index contributed by atoms with van der Waals surface area (Å²) in [5.74, 6) is -0.958. The molecule has 29 heavy (non-hydrogen) atoms. The summed E-state index contributed by atoms with van der Waals surface area (Å²) >= 11 is 0. The zero-order valence-corrected chi connectivity index (χ0v) is 15.8. The molecule has 1 amide bonds. The van der Waals surface area contributed by atoms with Crippen LogP contribution < -0.4 is 5.32 Å². The van der Waals surface area contributed by atoms with Crippen LogP contribution in [0, 0.1) is 0 Å². The molecule has 0 saturated heterocycles. The van der Waals surface area contributed by atoms with Gasteiger partial charge >= 0.3 is 0 Å². The molecule has 0 aliphatic rings. The van der Waals surface area contributed by atoms with Gasteiger partial charge in [0.1, 0.15) is 6.33 Å². The van der Waals surface area contributed by atoms with E-state index < -0.39 is 15.7 Å². The van der Waals surface area contributed by atoms with Gasteiger partial charge in [0, 0.05) is 11.3 Å². The summed E-state index contributed by atoms with van der Waals surface area (Å²) in [7, 11) is -3.61. The van der Waals surface area contributed by atoms with Gasteiger partial charge in [-0.3, -0.25) is 4.79 Å².